The van der Waals surface area contributed by atoms with Crippen LogP contribution in [0.15, 0.2) is 48.5 Å². The van der Waals surface area contributed by atoms with E-state index in [0.717, 1.165) is 11.3 Å². The molecule has 0 bridgehead atoms. The molecule has 0 amide bonds. The molecule has 0 aliphatic carbocycles. The first kappa shape index (κ1) is 14.6. The number of nitrogens with two attached hydrogens (primary N) is 1. The minimum atomic E-state index is 0.0626. The molecule has 106 valence electrons. The fourth-order valence-corrected chi connectivity index (χ4v) is 2.03. The number of ether oxygens (including phenoxy) is 1. The van der Waals surface area contributed by atoms with Crippen molar-refractivity contribution in [1.29, 1.82) is 0 Å². The van der Waals surface area contributed by atoms with E-state index in [1.165, 1.54) is 11.1 Å². The Hall–Kier alpha value is -1.80. The fraction of sp³-hybridized carbons (Fsp3) is 0.333. The van der Waals surface area contributed by atoms with E-state index in [-0.39, 0.29) is 6.04 Å². The molecule has 2 aromatic carbocycles. The first-order valence-electron chi connectivity index (χ1n) is 7.13. The molecule has 0 unspecified atom stereocenters. The maximum atomic E-state index is 5.83. The average molecular weight is 269 g/mol. The van der Waals surface area contributed by atoms with Gasteiger partial charge in [-0.2, -0.15) is 0 Å². The lowest BCUT2D eigenvalue weighted by Gasteiger charge is -2.10. The Bertz CT molecular complexity index is 475. The van der Waals surface area contributed by atoms with Gasteiger partial charge in [-0.25, -0.2) is 0 Å². The van der Waals surface area contributed by atoms with Crippen LogP contribution in [-0.4, -0.2) is 0 Å². The van der Waals surface area contributed by atoms with Crippen LogP contribution in [0, 0.1) is 0 Å². The summed E-state index contributed by atoms with van der Waals surface area (Å²) in [5.74, 6) is 1.44. The van der Waals surface area contributed by atoms with Gasteiger partial charge in [0.05, 0.1) is 0 Å². The van der Waals surface area contributed by atoms with Gasteiger partial charge in [-0.05, 0) is 41.7 Å². The highest BCUT2D eigenvalue weighted by Gasteiger charge is 2.01. The highest BCUT2D eigenvalue weighted by molar-refractivity contribution is 5.29. The van der Waals surface area contributed by atoms with Gasteiger partial charge in [0.25, 0.3) is 0 Å². The quantitative estimate of drug-likeness (QED) is 0.872. The molecule has 2 aromatic rings. The molecule has 0 saturated heterocycles. The number of benzene rings is 2. The Morgan fingerprint density at radius 1 is 0.850 bits per heavy atom. The van der Waals surface area contributed by atoms with Crippen LogP contribution in [0.3, 0.4) is 0 Å². The van der Waals surface area contributed by atoms with Gasteiger partial charge in [0.1, 0.15) is 12.4 Å². The van der Waals surface area contributed by atoms with Gasteiger partial charge in [-0.15, -0.1) is 0 Å². The van der Waals surface area contributed by atoms with Crippen molar-refractivity contribution in [2.75, 3.05) is 0 Å². The average Bonchev–Trinajstić information content (AvgIpc) is 2.46. The Labute approximate surface area is 121 Å². The minimum absolute atomic E-state index is 0.0626. The van der Waals surface area contributed by atoms with E-state index >= 15 is 0 Å². The van der Waals surface area contributed by atoms with Crippen LogP contribution in [0.25, 0.3) is 0 Å². The molecule has 0 spiro atoms. The van der Waals surface area contributed by atoms with Crippen molar-refractivity contribution in [2.24, 2.45) is 5.73 Å². The number of hydrogen-bond donors (Lipinski definition) is 1. The lowest BCUT2D eigenvalue weighted by atomic mass is 10.0. The Balaban J connectivity index is 1.94. The number of hydrogen-bond acceptors (Lipinski definition) is 2. The van der Waals surface area contributed by atoms with Gasteiger partial charge in [-0.1, -0.05) is 50.2 Å². The zero-order chi connectivity index (χ0) is 14.5. The highest BCUT2D eigenvalue weighted by atomic mass is 16.5. The SMILES string of the molecule is CC(C)c1ccc(COc2ccc([C@H](C)N)cc2)cc1. The van der Waals surface area contributed by atoms with Crippen LogP contribution in [0.1, 0.15) is 49.4 Å². The van der Waals surface area contributed by atoms with Gasteiger partial charge in [-0.3, -0.25) is 0 Å². The third kappa shape index (κ3) is 3.84. The van der Waals surface area contributed by atoms with Gasteiger partial charge in [0, 0.05) is 6.04 Å². The minimum Gasteiger partial charge on any atom is -0.489 e. The van der Waals surface area contributed by atoms with Gasteiger partial charge < -0.3 is 10.5 Å². The second-order valence-electron chi connectivity index (χ2n) is 5.54. The molecule has 2 heteroatoms. The van der Waals surface area contributed by atoms with E-state index < -0.39 is 0 Å². The summed E-state index contributed by atoms with van der Waals surface area (Å²) >= 11 is 0. The van der Waals surface area contributed by atoms with Crippen molar-refractivity contribution < 1.29 is 4.74 Å². The van der Waals surface area contributed by atoms with Crippen molar-refractivity contribution in [3.63, 3.8) is 0 Å². The largest absolute Gasteiger partial charge is 0.489 e. The molecule has 1 atom stereocenters. The molecule has 0 fully saturated rings. The van der Waals surface area contributed by atoms with Crippen molar-refractivity contribution in [3.05, 3.63) is 65.2 Å². The lowest BCUT2D eigenvalue weighted by molar-refractivity contribution is 0.306. The Kier molecular flexibility index (Phi) is 4.80. The van der Waals surface area contributed by atoms with Gasteiger partial charge in [0.2, 0.25) is 0 Å². The van der Waals surface area contributed by atoms with E-state index in [9.17, 15) is 0 Å². The molecule has 2 rings (SSSR count). The molecular formula is C18H23NO. The van der Waals surface area contributed by atoms with Crippen LogP contribution in [0.2, 0.25) is 0 Å². The fourth-order valence-electron chi connectivity index (χ4n) is 2.03. The van der Waals surface area contributed by atoms with Crippen molar-refractivity contribution in [1.82, 2.24) is 0 Å². The number of rotatable bonds is 5. The predicted molar refractivity (Wildman–Crippen MR) is 83.9 cm³/mol. The van der Waals surface area contributed by atoms with Crippen LogP contribution in [0.5, 0.6) is 5.75 Å². The maximum absolute atomic E-state index is 5.83. The van der Waals surface area contributed by atoms with E-state index in [4.69, 9.17) is 10.5 Å². The predicted octanol–water partition coefficient (Wildman–Crippen LogP) is 4.41. The smallest absolute Gasteiger partial charge is 0.119 e. The third-order valence-corrected chi connectivity index (χ3v) is 3.46. The van der Waals surface area contributed by atoms with Crippen molar-refractivity contribution in [3.8, 4) is 5.75 Å². The summed E-state index contributed by atoms with van der Waals surface area (Å²) in [7, 11) is 0. The Morgan fingerprint density at radius 2 is 1.40 bits per heavy atom. The van der Waals surface area contributed by atoms with E-state index in [2.05, 4.69) is 38.1 Å². The van der Waals surface area contributed by atoms with Crippen LogP contribution < -0.4 is 10.5 Å². The van der Waals surface area contributed by atoms with Crippen molar-refractivity contribution in [2.45, 2.75) is 39.3 Å². The molecule has 0 aliphatic heterocycles. The monoisotopic (exact) mass is 269 g/mol. The first-order chi connectivity index (χ1) is 9.56. The molecule has 0 radical (unpaired) electrons. The molecule has 2 nitrogen and oxygen atoms in total. The highest BCUT2D eigenvalue weighted by Crippen LogP contribution is 2.18. The molecule has 0 aliphatic rings. The van der Waals surface area contributed by atoms with Gasteiger partial charge in [0.15, 0.2) is 0 Å². The lowest BCUT2D eigenvalue weighted by Crippen LogP contribution is -2.04. The normalized spacial score (nSPS) is 12.4. The standard InChI is InChI=1S/C18H23NO/c1-13(2)16-6-4-15(5-7-16)12-20-18-10-8-17(9-11-18)14(3)19/h4-11,13-14H,12,19H2,1-3H3/t14-/m0/s1. The molecule has 0 saturated carbocycles. The third-order valence-electron chi connectivity index (χ3n) is 3.46. The summed E-state index contributed by atoms with van der Waals surface area (Å²) in [5.41, 5.74) is 9.49. The topological polar surface area (TPSA) is 35.2 Å². The second kappa shape index (κ2) is 6.58. The summed E-state index contributed by atoms with van der Waals surface area (Å²) in [5, 5.41) is 0. The van der Waals surface area contributed by atoms with Crippen LogP contribution in [0.4, 0.5) is 0 Å². The van der Waals surface area contributed by atoms with Crippen LogP contribution in [-0.2, 0) is 6.61 Å². The van der Waals surface area contributed by atoms with E-state index in [0.29, 0.717) is 12.5 Å². The molecule has 2 N–H and O–H groups in total. The zero-order valence-corrected chi connectivity index (χ0v) is 12.5. The van der Waals surface area contributed by atoms with Gasteiger partial charge >= 0.3 is 0 Å². The molecule has 0 aromatic heterocycles. The molecular weight excluding hydrogens is 246 g/mol. The molecule has 0 heterocycles. The first-order valence-corrected chi connectivity index (χ1v) is 7.13. The summed E-state index contributed by atoms with van der Waals surface area (Å²) in [6, 6.07) is 16.6. The van der Waals surface area contributed by atoms with E-state index in [1.54, 1.807) is 0 Å². The van der Waals surface area contributed by atoms with Crippen molar-refractivity contribution >= 4 is 0 Å². The summed E-state index contributed by atoms with van der Waals surface area (Å²) in [4.78, 5) is 0. The van der Waals surface area contributed by atoms with E-state index in [1.807, 2.05) is 31.2 Å². The van der Waals surface area contributed by atoms with Crippen LogP contribution >= 0.6 is 0 Å². The Morgan fingerprint density at radius 3 is 1.90 bits per heavy atom. The summed E-state index contributed by atoms with van der Waals surface area (Å²) in [6.45, 7) is 6.97. The molecule has 20 heavy (non-hydrogen) atoms. The maximum Gasteiger partial charge on any atom is 0.119 e. The zero-order valence-electron chi connectivity index (χ0n) is 12.5. The summed E-state index contributed by atoms with van der Waals surface area (Å²) < 4.78 is 5.79. The summed E-state index contributed by atoms with van der Waals surface area (Å²) in [6.07, 6.45) is 0. The second-order valence-corrected chi connectivity index (χ2v) is 5.54.